The molecule has 36 heavy (non-hydrogen) atoms. The molecule has 0 fully saturated rings. The molecule has 2 heterocycles. The molecule has 0 aliphatic rings. The summed E-state index contributed by atoms with van der Waals surface area (Å²) in [6, 6.07) is 6.38. The van der Waals surface area contributed by atoms with Crippen molar-refractivity contribution in [2.75, 3.05) is 20.2 Å². The molecule has 0 unspecified atom stereocenters. The van der Waals surface area contributed by atoms with Crippen LogP contribution in [0.2, 0.25) is 5.02 Å². The highest BCUT2D eigenvalue weighted by Crippen LogP contribution is 2.35. The van der Waals surface area contributed by atoms with Crippen LogP contribution in [0.5, 0.6) is 5.75 Å². The van der Waals surface area contributed by atoms with E-state index in [1.807, 2.05) is 20.8 Å². The number of ether oxygens (including phenoxy) is 1. The van der Waals surface area contributed by atoms with E-state index < -0.39 is 11.7 Å². The number of amides is 2. The lowest BCUT2D eigenvalue weighted by molar-refractivity contribution is -0.125. The van der Waals surface area contributed by atoms with E-state index in [2.05, 4.69) is 22.0 Å². The summed E-state index contributed by atoms with van der Waals surface area (Å²) in [5.74, 6) is -0.972. The van der Waals surface area contributed by atoms with E-state index in [0.717, 1.165) is 0 Å². The van der Waals surface area contributed by atoms with Gasteiger partial charge in [0.25, 0.3) is 5.91 Å². The van der Waals surface area contributed by atoms with E-state index >= 15 is 4.39 Å². The lowest BCUT2D eigenvalue weighted by Gasteiger charge is -2.17. The molecule has 0 bridgehead atoms. The predicted molar refractivity (Wildman–Crippen MR) is 134 cm³/mol. The van der Waals surface area contributed by atoms with Gasteiger partial charge >= 0.3 is 0 Å². The number of pyridine rings is 1. The van der Waals surface area contributed by atoms with Gasteiger partial charge in [-0.1, -0.05) is 56.2 Å². The number of benzene rings is 1. The number of rotatable bonds is 9. The van der Waals surface area contributed by atoms with Crippen molar-refractivity contribution in [2.24, 2.45) is 0 Å². The lowest BCUT2D eigenvalue weighted by atomic mass is 9.92. The van der Waals surface area contributed by atoms with Crippen molar-refractivity contribution in [3.63, 3.8) is 0 Å². The number of nitrogens with one attached hydrogen (secondary N) is 1. The summed E-state index contributed by atoms with van der Waals surface area (Å²) in [4.78, 5) is 29.6. The summed E-state index contributed by atoms with van der Waals surface area (Å²) in [6.45, 7) is 9.79. The molecular weight excluding hydrogens is 487 g/mol. The molecule has 10 heteroatoms. The van der Waals surface area contributed by atoms with E-state index in [4.69, 9.17) is 20.9 Å². The number of hydrogen-bond donors (Lipinski definition) is 1. The number of carbonyl (C=O) groups is 2. The summed E-state index contributed by atoms with van der Waals surface area (Å²) >= 11 is 6.32. The van der Waals surface area contributed by atoms with E-state index in [1.54, 1.807) is 31.3 Å². The van der Waals surface area contributed by atoms with Crippen molar-refractivity contribution in [3.05, 3.63) is 77.2 Å². The normalized spacial score (nSPS) is 11.2. The molecule has 190 valence electrons. The number of carbonyl (C=O) groups excluding carboxylic acids is 2. The van der Waals surface area contributed by atoms with Crippen LogP contribution in [-0.4, -0.2) is 47.1 Å². The fraction of sp³-hybridized carbons (Fsp3) is 0.308. The smallest absolute Gasteiger partial charge is 0.290 e. The van der Waals surface area contributed by atoms with Crippen LogP contribution in [0.4, 0.5) is 4.39 Å². The summed E-state index contributed by atoms with van der Waals surface area (Å²) in [7, 11) is 1.63. The van der Waals surface area contributed by atoms with Gasteiger partial charge in [-0.2, -0.15) is 0 Å². The summed E-state index contributed by atoms with van der Waals surface area (Å²) in [5.41, 5.74) is 1.44. The molecule has 0 aliphatic heterocycles. The molecule has 1 aromatic carbocycles. The zero-order chi connectivity index (χ0) is 26.5. The number of nitrogens with zero attached hydrogens (tertiary/aromatic N) is 3. The molecule has 0 spiro atoms. The van der Waals surface area contributed by atoms with Crippen LogP contribution >= 0.6 is 11.6 Å². The number of aromatic nitrogens is 2. The van der Waals surface area contributed by atoms with E-state index in [-0.39, 0.29) is 40.8 Å². The molecule has 3 rings (SSSR count). The van der Waals surface area contributed by atoms with Crippen molar-refractivity contribution in [3.8, 4) is 16.9 Å². The molecule has 0 saturated heterocycles. The Morgan fingerprint density at radius 2 is 2.03 bits per heavy atom. The van der Waals surface area contributed by atoms with Crippen LogP contribution < -0.4 is 10.1 Å². The quantitative estimate of drug-likeness (QED) is 0.413. The Bertz CT molecular complexity index is 1270. The first-order valence-corrected chi connectivity index (χ1v) is 11.6. The fourth-order valence-corrected chi connectivity index (χ4v) is 3.44. The largest absolute Gasteiger partial charge is 0.489 e. The molecule has 2 aromatic heterocycles. The maximum Gasteiger partial charge on any atom is 0.290 e. The highest BCUT2D eigenvalue weighted by Gasteiger charge is 2.22. The third-order valence-corrected chi connectivity index (χ3v) is 5.82. The third kappa shape index (κ3) is 6.28. The van der Waals surface area contributed by atoms with Crippen molar-refractivity contribution in [1.29, 1.82) is 0 Å². The van der Waals surface area contributed by atoms with Crippen LogP contribution in [0.3, 0.4) is 0 Å². The van der Waals surface area contributed by atoms with E-state index in [0.29, 0.717) is 29.1 Å². The Hall–Kier alpha value is -3.72. The van der Waals surface area contributed by atoms with Crippen LogP contribution in [0.15, 0.2) is 53.8 Å². The topological polar surface area (TPSA) is 97.6 Å². The minimum Gasteiger partial charge on any atom is -0.489 e. The fourth-order valence-electron chi connectivity index (χ4n) is 3.21. The Labute approximate surface area is 214 Å². The standard InChI is InChI=1S/C26H28ClFN4O4/c1-6-22(33)32(5)11-12-35-20-15-29-10-9-17(20)18-8-7-16(23(27)24(18)28)14-30-25(34)19-13-21(31-36-19)26(2,3)4/h6-10,13,15H,1,11-12,14H2,2-5H3,(H,30,34). The summed E-state index contributed by atoms with van der Waals surface area (Å²) in [6.07, 6.45) is 4.20. The van der Waals surface area contributed by atoms with Gasteiger partial charge in [-0.05, 0) is 17.7 Å². The maximum absolute atomic E-state index is 15.3. The van der Waals surface area contributed by atoms with Crippen molar-refractivity contribution in [2.45, 2.75) is 32.7 Å². The Balaban J connectivity index is 1.72. The molecule has 0 aliphatic carbocycles. The van der Waals surface area contributed by atoms with Gasteiger partial charge in [-0.3, -0.25) is 14.6 Å². The second-order valence-electron chi connectivity index (χ2n) is 9.09. The van der Waals surface area contributed by atoms with Crippen LogP contribution in [0, 0.1) is 5.82 Å². The zero-order valence-electron chi connectivity index (χ0n) is 20.6. The third-order valence-electron chi connectivity index (χ3n) is 5.41. The molecule has 0 radical (unpaired) electrons. The van der Waals surface area contributed by atoms with Gasteiger partial charge in [0.2, 0.25) is 11.7 Å². The number of halogens is 2. The van der Waals surface area contributed by atoms with Crippen molar-refractivity contribution < 1.29 is 23.2 Å². The molecule has 0 atom stereocenters. The Morgan fingerprint density at radius 1 is 1.28 bits per heavy atom. The molecule has 2 amide bonds. The monoisotopic (exact) mass is 514 g/mol. The summed E-state index contributed by atoms with van der Waals surface area (Å²) < 4.78 is 26.2. The van der Waals surface area contributed by atoms with E-state index in [1.165, 1.54) is 23.4 Å². The lowest BCUT2D eigenvalue weighted by Crippen LogP contribution is -2.29. The van der Waals surface area contributed by atoms with Crippen molar-refractivity contribution in [1.82, 2.24) is 20.4 Å². The minimum absolute atomic E-state index is 0.0101. The minimum atomic E-state index is -0.659. The first-order valence-electron chi connectivity index (χ1n) is 11.2. The van der Waals surface area contributed by atoms with Gasteiger partial charge in [0.05, 0.1) is 23.5 Å². The van der Waals surface area contributed by atoms with Gasteiger partial charge in [0.15, 0.2) is 0 Å². The highest BCUT2D eigenvalue weighted by atomic mass is 35.5. The van der Waals surface area contributed by atoms with Crippen LogP contribution in [0.25, 0.3) is 11.1 Å². The van der Waals surface area contributed by atoms with Gasteiger partial charge in [0.1, 0.15) is 18.2 Å². The summed E-state index contributed by atoms with van der Waals surface area (Å²) in [5, 5.41) is 6.48. The molecule has 1 N–H and O–H groups in total. The molecular formula is C26H28ClFN4O4. The van der Waals surface area contributed by atoms with Gasteiger partial charge < -0.3 is 19.5 Å². The first-order chi connectivity index (χ1) is 17.0. The Kier molecular flexibility index (Phi) is 8.47. The second kappa shape index (κ2) is 11.3. The average Bonchev–Trinajstić information content (AvgIpc) is 3.36. The van der Waals surface area contributed by atoms with Crippen LogP contribution in [0.1, 0.15) is 42.6 Å². The average molecular weight is 515 g/mol. The second-order valence-corrected chi connectivity index (χ2v) is 9.47. The maximum atomic E-state index is 15.3. The molecule has 0 saturated carbocycles. The molecule has 8 nitrogen and oxygen atoms in total. The van der Waals surface area contributed by atoms with E-state index in [9.17, 15) is 9.59 Å². The van der Waals surface area contributed by atoms with Gasteiger partial charge in [-0.25, -0.2) is 4.39 Å². The molecule has 3 aromatic rings. The zero-order valence-corrected chi connectivity index (χ0v) is 21.4. The van der Waals surface area contributed by atoms with Crippen molar-refractivity contribution >= 4 is 23.4 Å². The highest BCUT2D eigenvalue weighted by molar-refractivity contribution is 6.31. The Morgan fingerprint density at radius 3 is 2.69 bits per heavy atom. The number of hydrogen-bond acceptors (Lipinski definition) is 6. The predicted octanol–water partition coefficient (Wildman–Crippen LogP) is 4.78. The van der Waals surface area contributed by atoms with Crippen LogP contribution in [-0.2, 0) is 16.8 Å². The SMILES string of the molecule is C=CC(=O)N(C)CCOc1cnccc1-c1ccc(CNC(=O)c2cc(C(C)(C)C)no2)c(Cl)c1F. The van der Waals surface area contributed by atoms with Gasteiger partial charge in [-0.15, -0.1) is 0 Å². The number of likely N-dealkylation sites (N-methyl/N-ethyl adjacent to an activating group) is 1. The first kappa shape index (κ1) is 26.9. The van der Waals surface area contributed by atoms with Gasteiger partial charge in [0, 0.05) is 42.4 Å².